The van der Waals surface area contributed by atoms with Crippen molar-refractivity contribution in [1.82, 2.24) is 9.88 Å². The molecule has 2 aromatic carbocycles. The number of carbonyl (C=O) groups is 1. The van der Waals surface area contributed by atoms with Gasteiger partial charge in [0.1, 0.15) is 0 Å². The van der Waals surface area contributed by atoms with E-state index in [4.69, 9.17) is 9.47 Å². The molecule has 0 aliphatic carbocycles. The number of nitrogens with zero attached hydrogens (tertiary/aromatic N) is 1. The maximum absolute atomic E-state index is 12.9. The summed E-state index contributed by atoms with van der Waals surface area (Å²) in [6, 6.07) is 8.90. The van der Waals surface area contributed by atoms with Crippen molar-refractivity contribution >= 4 is 16.7 Å². The van der Waals surface area contributed by atoms with Crippen LogP contribution in [0, 0.1) is 0 Å². The van der Waals surface area contributed by atoms with Gasteiger partial charge in [0.05, 0.1) is 25.2 Å². The molecule has 0 bridgehead atoms. The Morgan fingerprint density at radius 2 is 1.67 bits per heavy atom. The maximum Gasteiger partial charge on any atom is 0.263 e. The predicted octanol–water partition coefficient (Wildman–Crippen LogP) is 3.91. The molecule has 1 amide bonds. The Morgan fingerprint density at radius 1 is 1.07 bits per heavy atom. The van der Waals surface area contributed by atoms with Crippen LogP contribution in [0.1, 0.15) is 34.8 Å². The van der Waals surface area contributed by atoms with Crippen LogP contribution >= 0.6 is 0 Å². The van der Waals surface area contributed by atoms with Crippen LogP contribution in [0.4, 0.5) is 8.78 Å². The molecule has 8 heteroatoms. The molecule has 0 radical (unpaired) electrons. The summed E-state index contributed by atoms with van der Waals surface area (Å²) in [7, 11) is 2.94. The van der Waals surface area contributed by atoms with Crippen LogP contribution in [0.2, 0.25) is 0 Å². The normalized spacial score (nSPS) is 11.0. The molecule has 6 nitrogen and oxygen atoms in total. The lowest BCUT2D eigenvalue weighted by molar-refractivity contribution is 0.0951. The van der Waals surface area contributed by atoms with E-state index in [9.17, 15) is 18.4 Å². The van der Waals surface area contributed by atoms with E-state index in [-0.39, 0.29) is 17.7 Å². The summed E-state index contributed by atoms with van der Waals surface area (Å²) in [4.78, 5) is 25.7. The highest BCUT2D eigenvalue weighted by Crippen LogP contribution is 2.32. The molecule has 3 rings (SSSR count). The summed E-state index contributed by atoms with van der Waals surface area (Å²) in [6.45, 7) is 2.35. The maximum atomic E-state index is 12.9. The molecule has 0 aliphatic heterocycles. The third-order valence-electron chi connectivity index (χ3n) is 4.86. The fourth-order valence-electron chi connectivity index (χ4n) is 3.19. The molecular weight excluding hydrogens is 394 g/mol. The average Bonchev–Trinajstić information content (AvgIpc) is 2.77. The number of ether oxygens (including phenoxy) is 2. The number of hydrogen-bond donors (Lipinski definition) is 1. The Morgan fingerprint density at radius 3 is 2.20 bits per heavy atom. The number of halogens is 2. The second kappa shape index (κ2) is 8.94. The molecular formula is C22H22F2N2O4. The quantitative estimate of drug-likeness (QED) is 0.634. The van der Waals surface area contributed by atoms with Gasteiger partial charge < -0.3 is 19.4 Å². The van der Waals surface area contributed by atoms with E-state index in [0.29, 0.717) is 39.9 Å². The largest absolute Gasteiger partial charge is 0.493 e. The van der Waals surface area contributed by atoms with E-state index < -0.39 is 12.3 Å². The third kappa shape index (κ3) is 4.12. The van der Waals surface area contributed by atoms with Gasteiger partial charge in [0.2, 0.25) is 0 Å². The lowest BCUT2D eigenvalue weighted by atomic mass is 10.1. The van der Waals surface area contributed by atoms with Crippen LogP contribution in [-0.4, -0.2) is 24.7 Å². The van der Waals surface area contributed by atoms with Crippen LogP contribution < -0.4 is 20.3 Å². The third-order valence-corrected chi connectivity index (χ3v) is 4.86. The first-order valence-electron chi connectivity index (χ1n) is 9.34. The van der Waals surface area contributed by atoms with E-state index in [0.717, 1.165) is 0 Å². The number of hydrogen-bond acceptors (Lipinski definition) is 4. The minimum Gasteiger partial charge on any atom is -0.493 e. The Hall–Kier alpha value is -3.42. The molecule has 1 aromatic heterocycles. The van der Waals surface area contributed by atoms with Crippen molar-refractivity contribution < 1.29 is 23.0 Å². The van der Waals surface area contributed by atoms with Gasteiger partial charge in [0.15, 0.2) is 11.5 Å². The number of rotatable bonds is 7. The minimum absolute atomic E-state index is 0.0767. The smallest absolute Gasteiger partial charge is 0.263 e. The molecule has 0 unspecified atom stereocenters. The number of carbonyl (C=O) groups excluding carboxylic acids is 1. The van der Waals surface area contributed by atoms with Crippen molar-refractivity contribution in [2.24, 2.45) is 0 Å². The molecule has 0 atom stereocenters. The SMILES string of the molecule is CCn1cc(C(=O)NCc2ccc(C(F)F)cc2)c2cc(OC)c(OC)cc2c1=O. The summed E-state index contributed by atoms with van der Waals surface area (Å²) in [5.74, 6) is 0.393. The van der Waals surface area contributed by atoms with Crippen molar-refractivity contribution in [3.8, 4) is 11.5 Å². The Labute approximate surface area is 172 Å². The highest BCUT2D eigenvalue weighted by atomic mass is 19.3. The zero-order valence-corrected chi connectivity index (χ0v) is 16.9. The molecule has 3 aromatic rings. The van der Waals surface area contributed by atoms with Gasteiger partial charge >= 0.3 is 0 Å². The number of aromatic nitrogens is 1. The number of benzene rings is 2. The van der Waals surface area contributed by atoms with Crippen molar-refractivity contribution in [3.63, 3.8) is 0 Å². The van der Waals surface area contributed by atoms with Gasteiger partial charge in [-0.3, -0.25) is 9.59 Å². The van der Waals surface area contributed by atoms with Crippen molar-refractivity contribution in [1.29, 1.82) is 0 Å². The van der Waals surface area contributed by atoms with Gasteiger partial charge in [-0.05, 0) is 24.6 Å². The summed E-state index contributed by atoms with van der Waals surface area (Å²) in [5.41, 5.74) is 0.663. The Balaban J connectivity index is 1.97. The van der Waals surface area contributed by atoms with E-state index in [2.05, 4.69) is 5.32 Å². The van der Waals surface area contributed by atoms with E-state index in [1.165, 1.54) is 37.1 Å². The van der Waals surface area contributed by atoms with Gasteiger partial charge in [0.25, 0.3) is 17.9 Å². The summed E-state index contributed by atoms with van der Waals surface area (Å²) in [6.07, 6.45) is -1.03. The topological polar surface area (TPSA) is 69.6 Å². The molecule has 0 spiro atoms. The first-order valence-corrected chi connectivity index (χ1v) is 9.34. The summed E-state index contributed by atoms with van der Waals surface area (Å²) >= 11 is 0. The molecule has 0 saturated heterocycles. The van der Waals surface area contributed by atoms with E-state index in [1.807, 2.05) is 0 Å². The second-order valence-corrected chi connectivity index (χ2v) is 6.61. The molecule has 0 saturated carbocycles. The van der Waals surface area contributed by atoms with Crippen LogP contribution in [0.3, 0.4) is 0 Å². The molecule has 158 valence electrons. The molecule has 1 N–H and O–H groups in total. The number of amides is 1. The summed E-state index contributed by atoms with van der Waals surface area (Å²) in [5, 5.41) is 3.55. The Kier molecular flexibility index (Phi) is 6.34. The highest BCUT2D eigenvalue weighted by Gasteiger charge is 2.18. The molecule has 0 aliphatic rings. The lowest BCUT2D eigenvalue weighted by Crippen LogP contribution is -2.27. The monoisotopic (exact) mass is 416 g/mol. The van der Waals surface area contributed by atoms with Gasteiger partial charge in [-0.15, -0.1) is 0 Å². The van der Waals surface area contributed by atoms with Gasteiger partial charge in [-0.25, -0.2) is 8.78 Å². The molecule has 30 heavy (non-hydrogen) atoms. The number of methoxy groups -OCH3 is 2. The number of alkyl halides is 2. The zero-order chi connectivity index (χ0) is 21.8. The van der Waals surface area contributed by atoms with Gasteiger partial charge in [-0.2, -0.15) is 0 Å². The second-order valence-electron chi connectivity index (χ2n) is 6.61. The number of aryl methyl sites for hydroxylation is 1. The van der Waals surface area contributed by atoms with Crippen LogP contribution in [0.5, 0.6) is 11.5 Å². The Bertz CT molecular complexity index is 1120. The van der Waals surface area contributed by atoms with E-state index in [1.54, 1.807) is 31.2 Å². The minimum atomic E-state index is -2.54. The van der Waals surface area contributed by atoms with Gasteiger partial charge in [0, 0.05) is 30.2 Å². The first-order chi connectivity index (χ1) is 14.4. The number of nitrogens with one attached hydrogen (secondary N) is 1. The van der Waals surface area contributed by atoms with Crippen molar-refractivity contribution in [2.45, 2.75) is 26.4 Å². The molecule has 1 heterocycles. The number of fused-ring (bicyclic) bond motifs is 1. The zero-order valence-electron chi connectivity index (χ0n) is 16.9. The fraction of sp³-hybridized carbons (Fsp3) is 0.273. The predicted molar refractivity (Wildman–Crippen MR) is 110 cm³/mol. The standard InChI is InChI=1S/C22H22F2N2O4/c1-4-26-12-17(15-9-18(29-2)19(30-3)10-16(15)22(26)28)21(27)25-11-13-5-7-14(8-6-13)20(23)24/h5-10,12,20H,4,11H2,1-3H3,(H,25,27). The van der Waals surface area contributed by atoms with Crippen LogP contribution in [0.15, 0.2) is 47.4 Å². The fourth-order valence-corrected chi connectivity index (χ4v) is 3.19. The average molecular weight is 416 g/mol. The lowest BCUT2D eigenvalue weighted by Gasteiger charge is -2.14. The number of pyridine rings is 1. The van der Waals surface area contributed by atoms with Crippen LogP contribution in [0.25, 0.3) is 10.8 Å². The molecule has 0 fully saturated rings. The highest BCUT2D eigenvalue weighted by molar-refractivity contribution is 6.07. The summed E-state index contributed by atoms with van der Waals surface area (Å²) < 4.78 is 37.4. The van der Waals surface area contributed by atoms with Crippen molar-refractivity contribution in [2.75, 3.05) is 14.2 Å². The van der Waals surface area contributed by atoms with Crippen molar-refractivity contribution in [3.05, 3.63) is 69.6 Å². The van der Waals surface area contributed by atoms with Gasteiger partial charge in [-0.1, -0.05) is 24.3 Å². The first kappa shape index (κ1) is 21.3. The van der Waals surface area contributed by atoms with Crippen LogP contribution in [-0.2, 0) is 13.1 Å². The van der Waals surface area contributed by atoms with E-state index >= 15 is 0 Å².